The molecule has 0 unspecified atom stereocenters. The molecule has 0 bridgehead atoms. The second-order valence-electron chi connectivity index (χ2n) is 5.92. The van der Waals surface area contributed by atoms with Crippen LogP contribution in [0.2, 0.25) is 5.02 Å². The van der Waals surface area contributed by atoms with Gasteiger partial charge in [0.2, 0.25) is 0 Å². The number of thioether (sulfide) groups is 1. The van der Waals surface area contributed by atoms with Gasteiger partial charge in [-0.05, 0) is 36.6 Å². The Morgan fingerprint density at radius 3 is 2.64 bits per heavy atom. The van der Waals surface area contributed by atoms with Gasteiger partial charge in [0.1, 0.15) is 0 Å². The van der Waals surface area contributed by atoms with Crippen molar-refractivity contribution in [1.29, 1.82) is 0 Å². The van der Waals surface area contributed by atoms with Gasteiger partial charge in [-0.25, -0.2) is 0 Å². The summed E-state index contributed by atoms with van der Waals surface area (Å²) in [6, 6.07) is 7.97. The average Bonchev–Trinajstić information content (AvgIpc) is 2.60. The fraction of sp³-hybridized carbons (Fsp3) is 0.611. The van der Waals surface area contributed by atoms with E-state index in [1.807, 2.05) is 37.0 Å². The molecule has 1 saturated heterocycles. The van der Waals surface area contributed by atoms with E-state index in [0.29, 0.717) is 0 Å². The molecule has 0 amide bonds. The number of rotatable bonds is 7. The molecule has 0 aromatic heterocycles. The summed E-state index contributed by atoms with van der Waals surface area (Å²) in [7, 11) is 1.81. The van der Waals surface area contributed by atoms with Gasteiger partial charge in [-0.1, -0.05) is 36.7 Å². The molecule has 2 N–H and O–H groups in total. The zero-order chi connectivity index (χ0) is 17.3. The van der Waals surface area contributed by atoms with Gasteiger partial charge in [0, 0.05) is 43.1 Å². The van der Waals surface area contributed by atoms with E-state index in [9.17, 15) is 0 Å². The highest BCUT2D eigenvalue weighted by atomic mass is 127. The summed E-state index contributed by atoms with van der Waals surface area (Å²) >= 11 is 8.23. The predicted molar refractivity (Wildman–Crippen MR) is 121 cm³/mol. The van der Waals surface area contributed by atoms with Crippen molar-refractivity contribution in [1.82, 2.24) is 10.6 Å². The Morgan fingerprint density at radius 2 is 2.00 bits per heavy atom. The Morgan fingerprint density at radius 1 is 1.28 bits per heavy atom. The number of ether oxygens (including phenoxy) is 1. The van der Waals surface area contributed by atoms with Crippen LogP contribution in [0.3, 0.4) is 0 Å². The van der Waals surface area contributed by atoms with Crippen molar-refractivity contribution in [2.45, 2.75) is 30.9 Å². The molecular formula is C18H29ClIN3OS. The van der Waals surface area contributed by atoms with Crippen molar-refractivity contribution in [2.75, 3.05) is 39.1 Å². The highest BCUT2D eigenvalue weighted by Crippen LogP contribution is 2.34. The molecule has 25 heavy (non-hydrogen) atoms. The Labute approximate surface area is 177 Å². The van der Waals surface area contributed by atoms with Crippen LogP contribution >= 0.6 is 47.3 Å². The Kier molecular flexibility index (Phi) is 11.2. The summed E-state index contributed by atoms with van der Waals surface area (Å²) in [6.45, 7) is 5.65. The van der Waals surface area contributed by atoms with E-state index >= 15 is 0 Å². The molecule has 142 valence electrons. The lowest BCUT2D eigenvalue weighted by Gasteiger charge is -2.37. The van der Waals surface area contributed by atoms with E-state index in [4.69, 9.17) is 16.3 Å². The second-order valence-corrected chi connectivity index (χ2v) is 8.06. The number of hydrogen-bond donors (Lipinski definition) is 2. The lowest BCUT2D eigenvalue weighted by molar-refractivity contribution is 0.0782. The molecule has 1 aromatic rings. The van der Waals surface area contributed by atoms with Crippen LogP contribution in [0.15, 0.2) is 29.3 Å². The van der Waals surface area contributed by atoms with E-state index in [1.54, 1.807) is 0 Å². The fourth-order valence-corrected chi connectivity index (χ4v) is 4.38. The molecule has 1 aliphatic heterocycles. The van der Waals surface area contributed by atoms with Gasteiger partial charge in [0.25, 0.3) is 0 Å². The molecule has 2 rings (SSSR count). The minimum absolute atomic E-state index is 0. The molecule has 1 heterocycles. The minimum atomic E-state index is 0. The topological polar surface area (TPSA) is 45.7 Å². The first-order valence-electron chi connectivity index (χ1n) is 8.59. The lowest BCUT2D eigenvalue weighted by Crippen LogP contribution is -2.48. The van der Waals surface area contributed by atoms with Gasteiger partial charge >= 0.3 is 0 Å². The molecular weight excluding hydrogens is 469 g/mol. The van der Waals surface area contributed by atoms with Crippen molar-refractivity contribution in [3.63, 3.8) is 0 Å². The number of aliphatic imine (C=N–C) groups is 1. The minimum Gasteiger partial charge on any atom is -0.381 e. The normalized spacial score (nSPS) is 16.8. The Hall–Kier alpha value is -0.180. The van der Waals surface area contributed by atoms with Crippen molar-refractivity contribution < 1.29 is 4.74 Å². The first kappa shape index (κ1) is 22.9. The monoisotopic (exact) mass is 497 g/mol. The molecule has 0 saturated carbocycles. The van der Waals surface area contributed by atoms with Crippen molar-refractivity contribution in [3.8, 4) is 0 Å². The molecule has 0 aliphatic carbocycles. The maximum Gasteiger partial charge on any atom is 0.191 e. The van der Waals surface area contributed by atoms with E-state index in [2.05, 4.69) is 28.6 Å². The quantitative estimate of drug-likeness (QED) is 0.340. The number of nitrogens with one attached hydrogen (secondary N) is 2. The third kappa shape index (κ3) is 7.53. The molecule has 1 aromatic carbocycles. The number of benzene rings is 1. The van der Waals surface area contributed by atoms with Gasteiger partial charge in [-0.3, -0.25) is 4.99 Å². The summed E-state index contributed by atoms with van der Waals surface area (Å²) in [5.41, 5.74) is 1.16. The van der Waals surface area contributed by atoms with Crippen LogP contribution in [0.5, 0.6) is 0 Å². The van der Waals surface area contributed by atoms with Gasteiger partial charge in [0.05, 0.1) is 0 Å². The molecule has 0 spiro atoms. The summed E-state index contributed by atoms with van der Waals surface area (Å²) in [4.78, 5) is 4.34. The van der Waals surface area contributed by atoms with E-state index in [0.717, 1.165) is 67.9 Å². The van der Waals surface area contributed by atoms with E-state index < -0.39 is 0 Å². The van der Waals surface area contributed by atoms with Gasteiger partial charge < -0.3 is 15.4 Å². The maximum absolute atomic E-state index is 6.20. The van der Waals surface area contributed by atoms with Gasteiger partial charge in [-0.15, -0.1) is 24.0 Å². The highest BCUT2D eigenvalue weighted by molar-refractivity contribution is 14.0. The number of hydrogen-bond acceptors (Lipinski definition) is 3. The van der Waals surface area contributed by atoms with Crippen molar-refractivity contribution in [2.24, 2.45) is 4.99 Å². The van der Waals surface area contributed by atoms with Crippen LogP contribution in [0.25, 0.3) is 0 Å². The average molecular weight is 498 g/mol. The Bertz CT molecular complexity index is 533. The smallest absolute Gasteiger partial charge is 0.191 e. The first-order valence-corrected chi connectivity index (χ1v) is 9.95. The van der Waals surface area contributed by atoms with Gasteiger partial charge in [0.15, 0.2) is 5.96 Å². The lowest BCUT2D eigenvalue weighted by atomic mass is 9.99. The highest BCUT2D eigenvalue weighted by Gasteiger charge is 2.32. The fourth-order valence-electron chi connectivity index (χ4n) is 2.90. The molecule has 1 fully saturated rings. The van der Waals surface area contributed by atoms with Crippen molar-refractivity contribution >= 4 is 53.3 Å². The summed E-state index contributed by atoms with van der Waals surface area (Å²) in [6.07, 6.45) is 3.06. The summed E-state index contributed by atoms with van der Waals surface area (Å²) in [5, 5.41) is 7.70. The number of nitrogens with zero attached hydrogens (tertiary/aromatic N) is 1. The van der Waals surface area contributed by atoms with Crippen LogP contribution in [0.1, 0.15) is 25.3 Å². The van der Waals surface area contributed by atoms with E-state index in [1.165, 1.54) is 0 Å². The van der Waals surface area contributed by atoms with Crippen LogP contribution in [-0.4, -0.2) is 49.8 Å². The zero-order valence-corrected chi connectivity index (χ0v) is 18.9. The summed E-state index contributed by atoms with van der Waals surface area (Å²) < 4.78 is 5.79. The molecule has 0 atom stereocenters. The zero-order valence-electron chi connectivity index (χ0n) is 15.0. The van der Waals surface area contributed by atoms with Crippen LogP contribution in [-0.2, 0) is 11.2 Å². The standard InChI is InChI=1S/C18H28ClN3OS.HI/c1-3-24-18(9-12-23-13-10-18)14-22-17(20-2)21-11-8-15-6-4-5-7-16(15)19;/h4-7H,3,8-14H2,1-2H3,(H2,20,21,22);1H. The molecule has 7 heteroatoms. The number of guanidine groups is 1. The molecule has 4 nitrogen and oxygen atoms in total. The largest absolute Gasteiger partial charge is 0.381 e. The Balaban J connectivity index is 0.00000312. The number of halogens is 2. The SMILES string of the molecule is CCSC1(CNC(=NC)NCCc2ccccc2Cl)CCOCC1.I. The molecule has 0 radical (unpaired) electrons. The predicted octanol–water partition coefficient (Wildman–Crippen LogP) is 3.97. The van der Waals surface area contributed by atoms with Crippen LogP contribution in [0, 0.1) is 0 Å². The third-order valence-electron chi connectivity index (χ3n) is 4.30. The van der Waals surface area contributed by atoms with Crippen LogP contribution in [0.4, 0.5) is 0 Å². The van der Waals surface area contributed by atoms with Crippen molar-refractivity contribution in [3.05, 3.63) is 34.9 Å². The molecule has 1 aliphatic rings. The maximum atomic E-state index is 6.20. The van der Waals surface area contributed by atoms with E-state index in [-0.39, 0.29) is 28.7 Å². The second kappa shape index (κ2) is 12.3. The van der Waals surface area contributed by atoms with Crippen LogP contribution < -0.4 is 10.6 Å². The summed E-state index contributed by atoms with van der Waals surface area (Å²) in [5.74, 6) is 1.98. The van der Waals surface area contributed by atoms with Gasteiger partial charge in [-0.2, -0.15) is 11.8 Å². The first-order chi connectivity index (χ1) is 11.7. The third-order valence-corrected chi connectivity index (χ3v) is 6.12.